The van der Waals surface area contributed by atoms with E-state index >= 15 is 0 Å². The van der Waals surface area contributed by atoms with Crippen LogP contribution < -0.4 is 10.7 Å². The van der Waals surface area contributed by atoms with Crippen LogP contribution in [0.1, 0.15) is 15.4 Å². The number of carbonyl (C=O) groups is 1. The van der Waals surface area contributed by atoms with Gasteiger partial charge in [-0.2, -0.15) is 5.10 Å². The molecule has 2 N–H and O–H groups in total. The number of hydrogen-bond donors (Lipinski definition) is 2. The number of thiazole rings is 1. The van der Waals surface area contributed by atoms with Crippen molar-refractivity contribution in [3.05, 3.63) is 82.5 Å². The van der Waals surface area contributed by atoms with Crippen LogP contribution in [-0.4, -0.2) is 22.1 Å². The third-order valence-corrected chi connectivity index (χ3v) is 5.12. The summed E-state index contributed by atoms with van der Waals surface area (Å²) in [6.45, 7) is 0. The van der Waals surface area contributed by atoms with Gasteiger partial charge in [0.1, 0.15) is 5.69 Å². The minimum atomic E-state index is -0.398. The largest absolute Gasteiger partial charge is 0.331 e. The summed E-state index contributed by atoms with van der Waals surface area (Å²) in [5.41, 5.74) is 4.42. The summed E-state index contributed by atoms with van der Waals surface area (Å²) >= 11 is 7.49. The van der Waals surface area contributed by atoms with Gasteiger partial charge in [-0.3, -0.25) is 4.79 Å². The monoisotopic (exact) mass is 407 g/mol. The molecule has 2 aromatic carbocycles. The molecule has 138 valence electrons. The second-order valence-corrected chi connectivity index (χ2v) is 7.14. The summed E-state index contributed by atoms with van der Waals surface area (Å²) in [6, 6.07) is 20.8. The molecule has 0 radical (unpaired) electrons. The van der Waals surface area contributed by atoms with E-state index in [0.717, 1.165) is 16.6 Å². The summed E-state index contributed by atoms with van der Waals surface area (Å²) in [4.78, 5) is 21.5. The van der Waals surface area contributed by atoms with Crippen LogP contribution in [0.15, 0.2) is 71.8 Å². The molecule has 0 saturated carbocycles. The zero-order valence-corrected chi connectivity index (χ0v) is 16.0. The number of anilines is 2. The number of fused-ring (bicyclic) bond motifs is 1. The number of pyridine rings is 1. The van der Waals surface area contributed by atoms with Gasteiger partial charge in [-0.25, -0.2) is 15.4 Å². The SMILES string of the molecule is O=C(N/N=C\c1sc(Nc2ccccc2)nc1Cl)c1ccc2ccccc2n1. The number of benzene rings is 2. The van der Waals surface area contributed by atoms with E-state index in [4.69, 9.17) is 11.6 Å². The average molecular weight is 408 g/mol. The highest BCUT2D eigenvalue weighted by Gasteiger charge is 2.09. The third kappa shape index (κ3) is 4.16. The molecule has 0 aliphatic carbocycles. The molecule has 0 aliphatic heterocycles. The maximum Gasteiger partial charge on any atom is 0.289 e. The molecule has 0 bridgehead atoms. The van der Waals surface area contributed by atoms with E-state index in [2.05, 4.69) is 25.8 Å². The minimum absolute atomic E-state index is 0.290. The van der Waals surface area contributed by atoms with Crippen molar-refractivity contribution >= 4 is 56.8 Å². The van der Waals surface area contributed by atoms with Gasteiger partial charge in [0.05, 0.1) is 16.6 Å². The van der Waals surface area contributed by atoms with Crippen molar-refractivity contribution < 1.29 is 4.79 Å². The summed E-state index contributed by atoms with van der Waals surface area (Å²) in [6.07, 6.45) is 1.47. The second-order valence-electron chi connectivity index (χ2n) is 5.75. The van der Waals surface area contributed by atoms with Crippen LogP contribution in [0, 0.1) is 0 Å². The number of hydrogen-bond acceptors (Lipinski definition) is 6. The molecule has 0 atom stereocenters. The van der Waals surface area contributed by atoms with Crippen molar-refractivity contribution in [3.63, 3.8) is 0 Å². The van der Waals surface area contributed by atoms with Gasteiger partial charge in [0, 0.05) is 11.1 Å². The lowest BCUT2D eigenvalue weighted by molar-refractivity contribution is 0.0950. The van der Waals surface area contributed by atoms with Crippen LogP contribution in [0.4, 0.5) is 10.8 Å². The fraction of sp³-hybridized carbons (Fsp3) is 0. The van der Waals surface area contributed by atoms with Crippen molar-refractivity contribution in [2.24, 2.45) is 5.10 Å². The number of nitrogens with zero attached hydrogens (tertiary/aromatic N) is 3. The fourth-order valence-corrected chi connectivity index (χ4v) is 3.54. The van der Waals surface area contributed by atoms with Gasteiger partial charge in [-0.15, -0.1) is 0 Å². The fourth-order valence-electron chi connectivity index (χ4n) is 2.49. The van der Waals surface area contributed by atoms with Gasteiger partial charge in [0.25, 0.3) is 5.91 Å². The Bertz CT molecular complexity index is 1160. The first-order chi connectivity index (χ1) is 13.7. The van der Waals surface area contributed by atoms with Crippen LogP contribution in [-0.2, 0) is 0 Å². The number of amides is 1. The highest BCUT2D eigenvalue weighted by atomic mass is 35.5. The van der Waals surface area contributed by atoms with E-state index in [1.54, 1.807) is 6.07 Å². The lowest BCUT2D eigenvalue weighted by Gasteiger charge is -2.01. The Hall–Kier alpha value is -3.29. The number of rotatable bonds is 5. The Morgan fingerprint density at radius 1 is 1.00 bits per heavy atom. The average Bonchev–Trinajstić information content (AvgIpc) is 3.07. The summed E-state index contributed by atoms with van der Waals surface area (Å²) in [5.74, 6) is -0.398. The molecule has 0 saturated heterocycles. The molecule has 2 heterocycles. The van der Waals surface area contributed by atoms with Crippen LogP contribution in [0.3, 0.4) is 0 Å². The predicted octanol–water partition coefficient (Wildman–Crippen LogP) is 4.85. The molecule has 6 nitrogen and oxygen atoms in total. The van der Waals surface area contributed by atoms with Crippen molar-refractivity contribution in [1.82, 2.24) is 15.4 Å². The maximum absolute atomic E-state index is 12.3. The van der Waals surface area contributed by atoms with Crippen LogP contribution >= 0.6 is 22.9 Å². The van der Waals surface area contributed by atoms with Crippen molar-refractivity contribution in [2.45, 2.75) is 0 Å². The highest BCUT2D eigenvalue weighted by molar-refractivity contribution is 7.17. The molecule has 4 aromatic rings. The van der Waals surface area contributed by atoms with E-state index in [9.17, 15) is 4.79 Å². The molecule has 4 rings (SSSR count). The molecule has 0 aliphatic rings. The first-order valence-corrected chi connectivity index (χ1v) is 9.56. The molecule has 1 amide bonds. The number of halogens is 1. The first-order valence-electron chi connectivity index (χ1n) is 8.36. The molecule has 28 heavy (non-hydrogen) atoms. The molecule has 8 heteroatoms. The summed E-state index contributed by atoms with van der Waals surface area (Å²) in [7, 11) is 0. The van der Waals surface area contributed by atoms with Gasteiger partial charge in [-0.1, -0.05) is 65.4 Å². The number of nitrogens with one attached hydrogen (secondary N) is 2. The van der Waals surface area contributed by atoms with Gasteiger partial charge < -0.3 is 5.32 Å². The van der Waals surface area contributed by atoms with E-state index in [0.29, 0.717) is 15.2 Å². The quantitative estimate of drug-likeness (QED) is 0.366. The molecule has 0 unspecified atom stereocenters. The normalized spacial score (nSPS) is 11.0. The summed E-state index contributed by atoms with van der Waals surface area (Å²) < 4.78 is 0. The lowest BCUT2D eigenvalue weighted by Crippen LogP contribution is -2.18. The zero-order valence-electron chi connectivity index (χ0n) is 14.5. The summed E-state index contributed by atoms with van der Waals surface area (Å²) in [5, 5.41) is 9.06. The van der Waals surface area contributed by atoms with Gasteiger partial charge in [0.15, 0.2) is 10.3 Å². The molecular formula is C20H14ClN5OS. The van der Waals surface area contributed by atoms with Crippen molar-refractivity contribution in [3.8, 4) is 0 Å². The molecule has 2 aromatic heterocycles. The van der Waals surface area contributed by atoms with Gasteiger partial charge in [-0.05, 0) is 24.3 Å². The Morgan fingerprint density at radius 3 is 2.64 bits per heavy atom. The van der Waals surface area contributed by atoms with Crippen LogP contribution in [0.25, 0.3) is 10.9 Å². The number of carbonyl (C=O) groups excluding carboxylic acids is 1. The van der Waals surface area contributed by atoms with Crippen molar-refractivity contribution in [1.29, 1.82) is 0 Å². The van der Waals surface area contributed by atoms with Crippen molar-refractivity contribution in [2.75, 3.05) is 5.32 Å². The van der Waals surface area contributed by atoms with E-state index in [1.807, 2.05) is 60.7 Å². The number of aromatic nitrogens is 2. The molecule has 0 fully saturated rings. The Balaban J connectivity index is 1.43. The number of para-hydroxylation sites is 2. The second kappa shape index (κ2) is 8.16. The van der Waals surface area contributed by atoms with Gasteiger partial charge >= 0.3 is 0 Å². The smallest absolute Gasteiger partial charge is 0.289 e. The zero-order chi connectivity index (χ0) is 19.3. The molecule has 0 spiro atoms. The minimum Gasteiger partial charge on any atom is -0.331 e. The predicted molar refractivity (Wildman–Crippen MR) is 114 cm³/mol. The van der Waals surface area contributed by atoms with Crippen LogP contribution in [0.2, 0.25) is 5.15 Å². The van der Waals surface area contributed by atoms with Crippen LogP contribution in [0.5, 0.6) is 0 Å². The first kappa shape index (κ1) is 18.1. The number of hydrazone groups is 1. The maximum atomic E-state index is 12.3. The Morgan fingerprint density at radius 2 is 1.79 bits per heavy atom. The topological polar surface area (TPSA) is 79.3 Å². The van der Waals surface area contributed by atoms with E-state index < -0.39 is 5.91 Å². The van der Waals surface area contributed by atoms with Gasteiger partial charge in [0.2, 0.25) is 0 Å². The highest BCUT2D eigenvalue weighted by Crippen LogP contribution is 2.27. The Labute approximate surface area is 169 Å². The van der Waals surface area contributed by atoms with E-state index in [1.165, 1.54) is 17.6 Å². The Kier molecular flexibility index (Phi) is 5.27. The van der Waals surface area contributed by atoms with E-state index in [-0.39, 0.29) is 5.69 Å². The third-order valence-electron chi connectivity index (χ3n) is 3.81. The molecular weight excluding hydrogens is 394 g/mol. The lowest BCUT2D eigenvalue weighted by atomic mass is 10.2. The standard InChI is InChI=1S/C20H14ClN5OS/c21-18-17(28-20(25-18)23-14-7-2-1-3-8-14)12-22-26-19(27)16-11-10-13-6-4-5-9-15(13)24-16/h1-12H,(H,23,25)(H,26,27)/b22-12-.